The van der Waals surface area contributed by atoms with Crippen LogP contribution in [0.5, 0.6) is 5.75 Å². The third-order valence-corrected chi connectivity index (χ3v) is 6.10. The number of rotatable bonds is 5. The van der Waals surface area contributed by atoms with Gasteiger partial charge < -0.3 is 14.5 Å². The van der Waals surface area contributed by atoms with E-state index in [2.05, 4.69) is 41.1 Å². The van der Waals surface area contributed by atoms with Crippen LogP contribution in [-0.4, -0.2) is 42.3 Å². The Balaban J connectivity index is 1.71. The second kappa shape index (κ2) is 7.04. The van der Waals surface area contributed by atoms with Gasteiger partial charge in [0.25, 0.3) is 0 Å². The summed E-state index contributed by atoms with van der Waals surface area (Å²) in [6, 6.07) is 5.98. The number of hydrogen-bond acceptors (Lipinski definition) is 5. The number of nitrogens with zero attached hydrogens (tertiary/aromatic N) is 3. The lowest BCUT2D eigenvalue weighted by molar-refractivity contribution is 0.0521. The van der Waals surface area contributed by atoms with Crippen molar-refractivity contribution in [2.24, 2.45) is 21.2 Å². The van der Waals surface area contributed by atoms with Crippen molar-refractivity contribution in [2.45, 2.75) is 53.0 Å². The molecule has 2 bridgehead atoms. The molecule has 0 amide bonds. The van der Waals surface area contributed by atoms with E-state index in [-0.39, 0.29) is 5.41 Å². The van der Waals surface area contributed by atoms with Crippen LogP contribution in [0.3, 0.4) is 0 Å². The molecule has 2 fully saturated rings. The fourth-order valence-electron chi connectivity index (χ4n) is 5.38. The molecule has 4 rings (SSSR count). The van der Waals surface area contributed by atoms with E-state index in [0.717, 1.165) is 30.3 Å². The van der Waals surface area contributed by atoms with Crippen molar-refractivity contribution in [3.05, 3.63) is 23.9 Å². The number of carbonyl (C=O) groups excluding carboxylic acids is 1. The van der Waals surface area contributed by atoms with E-state index < -0.39 is 5.97 Å². The molecule has 2 aliphatic rings. The van der Waals surface area contributed by atoms with Crippen molar-refractivity contribution in [1.29, 1.82) is 0 Å². The van der Waals surface area contributed by atoms with Gasteiger partial charge >= 0.3 is 5.97 Å². The number of H-pyrrole nitrogens is 1. The van der Waals surface area contributed by atoms with Crippen molar-refractivity contribution in [3.63, 3.8) is 0 Å². The van der Waals surface area contributed by atoms with Gasteiger partial charge in [0.1, 0.15) is 11.4 Å². The first-order chi connectivity index (χ1) is 13.7. The first-order valence-corrected chi connectivity index (χ1v) is 10.3. The summed E-state index contributed by atoms with van der Waals surface area (Å²) in [5.41, 5.74) is 2.21. The van der Waals surface area contributed by atoms with Crippen LogP contribution in [0.1, 0.15) is 57.4 Å². The summed E-state index contributed by atoms with van der Waals surface area (Å²) in [6.45, 7) is 10.0. The number of fused-ring (bicyclic) bond motifs is 3. The zero-order chi connectivity index (χ0) is 20.8. The van der Waals surface area contributed by atoms with Crippen molar-refractivity contribution in [3.8, 4) is 5.75 Å². The van der Waals surface area contributed by atoms with Crippen LogP contribution in [0.2, 0.25) is 0 Å². The third-order valence-electron chi connectivity index (χ3n) is 6.10. The Morgan fingerprint density at radius 1 is 1.31 bits per heavy atom. The molecule has 29 heavy (non-hydrogen) atoms. The predicted octanol–water partition coefficient (Wildman–Crippen LogP) is 5.25. The Kier molecular flexibility index (Phi) is 4.79. The largest absolute Gasteiger partial charge is 0.497 e. The smallest absolute Gasteiger partial charge is 0.357 e. The quantitative estimate of drug-likeness (QED) is 0.551. The molecule has 0 radical (unpaired) electrons. The number of esters is 1. The Bertz CT molecular complexity index is 964. The lowest BCUT2D eigenvalue weighted by Gasteiger charge is -2.39. The maximum Gasteiger partial charge on any atom is 0.357 e. The second-order valence-electron chi connectivity index (χ2n) is 9.48. The predicted molar refractivity (Wildman–Crippen MR) is 112 cm³/mol. The molecule has 2 heterocycles. The Morgan fingerprint density at radius 2 is 2.10 bits per heavy atom. The van der Waals surface area contributed by atoms with Gasteiger partial charge in [0, 0.05) is 23.5 Å². The van der Waals surface area contributed by atoms with Crippen molar-refractivity contribution in [2.75, 3.05) is 20.3 Å². The Morgan fingerprint density at radius 3 is 2.83 bits per heavy atom. The summed E-state index contributed by atoms with van der Waals surface area (Å²) in [7, 11) is 1.62. The van der Waals surface area contributed by atoms with Crippen molar-refractivity contribution < 1.29 is 14.3 Å². The molecule has 1 N–H and O–H groups in total. The molecule has 0 spiro atoms. The number of nitrogens with one attached hydrogen (secondary N) is 1. The molecule has 1 aliphatic heterocycles. The summed E-state index contributed by atoms with van der Waals surface area (Å²) >= 11 is 0. The zero-order valence-electron chi connectivity index (χ0n) is 17.9. The van der Waals surface area contributed by atoms with Crippen LogP contribution < -0.4 is 4.74 Å². The van der Waals surface area contributed by atoms with Crippen LogP contribution in [0.25, 0.3) is 10.9 Å². The summed E-state index contributed by atoms with van der Waals surface area (Å²) in [5, 5.41) is 12.1. The van der Waals surface area contributed by atoms with Crippen LogP contribution in [0.4, 0.5) is 5.69 Å². The van der Waals surface area contributed by atoms with Gasteiger partial charge in [-0.3, -0.25) is 5.01 Å². The minimum atomic E-state index is -0.426. The highest BCUT2D eigenvalue weighted by Crippen LogP contribution is 2.52. The van der Waals surface area contributed by atoms with Crippen LogP contribution in [0.15, 0.2) is 28.5 Å². The fraction of sp³-hybridized carbons (Fsp3) is 0.591. The molecule has 1 aromatic heterocycles. The molecule has 2 aromatic rings. The molecular weight excluding hydrogens is 368 g/mol. The molecule has 0 unspecified atom stereocenters. The van der Waals surface area contributed by atoms with Gasteiger partial charge in [0.05, 0.1) is 13.7 Å². The normalized spacial score (nSPS) is 25.7. The highest BCUT2D eigenvalue weighted by atomic mass is 16.5. The number of aromatic amines is 1. The maximum absolute atomic E-state index is 12.5. The SMILES string of the molecule is CCOC(=O)c1[nH]c2ccc(OC)cc2c1N=NN1C[C@]2(C)C[C@H]1CC(C)(C)C2. The van der Waals surface area contributed by atoms with E-state index in [4.69, 9.17) is 9.47 Å². The van der Waals surface area contributed by atoms with E-state index in [9.17, 15) is 4.79 Å². The lowest BCUT2D eigenvalue weighted by atomic mass is 9.65. The molecule has 1 saturated heterocycles. The zero-order valence-corrected chi connectivity index (χ0v) is 17.9. The van der Waals surface area contributed by atoms with E-state index in [1.54, 1.807) is 14.0 Å². The van der Waals surface area contributed by atoms with Crippen molar-refractivity contribution in [1.82, 2.24) is 9.99 Å². The third kappa shape index (κ3) is 3.70. The van der Waals surface area contributed by atoms with Crippen LogP contribution >= 0.6 is 0 Å². The molecule has 1 saturated carbocycles. The average Bonchev–Trinajstić information content (AvgIpc) is 3.12. The van der Waals surface area contributed by atoms with E-state index in [0.29, 0.717) is 35.2 Å². The first kappa shape index (κ1) is 19.7. The number of methoxy groups -OCH3 is 1. The molecule has 1 aliphatic carbocycles. The fourth-order valence-corrected chi connectivity index (χ4v) is 5.38. The first-order valence-electron chi connectivity index (χ1n) is 10.3. The molecule has 7 nitrogen and oxygen atoms in total. The second-order valence-corrected chi connectivity index (χ2v) is 9.48. The number of carbonyl (C=O) groups is 1. The van der Waals surface area contributed by atoms with Crippen LogP contribution in [0, 0.1) is 10.8 Å². The number of benzene rings is 1. The van der Waals surface area contributed by atoms with E-state index in [1.165, 1.54) is 6.42 Å². The van der Waals surface area contributed by atoms with Gasteiger partial charge in [-0.2, -0.15) is 0 Å². The molecule has 2 atom stereocenters. The minimum absolute atomic E-state index is 0.263. The maximum atomic E-state index is 12.5. The van der Waals surface area contributed by atoms with Gasteiger partial charge in [-0.05, 0) is 55.2 Å². The van der Waals surface area contributed by atoms with E-state index >= 15 is 0 Å². The summed E-state index contributed by atoms with van der Waals surface area (Å²) in [5.74, 6) is 0.277. The molecular formula is C22H30N4O3. The van der Waals surface area contributed by atoms with Gasteiger partial charge in [-0.25, -0.2) is 4.79 Å². The highest BCUT2D eigenvalue weighted by Gasteiger charge is 2.49. The Labute approximate surface area is 171 Å². The van der Waals surface area contributed by atoms with Crippen LogP contribution in [-0.2, 0) is 4.74 Å². The number of hydrogen-bond donors (Lipinski definition) is 1. The standard InChI is InChI=1S/C22H30N4O3/c1-6-29-20(27)19-18(16-9-15(28-5)7-8-17(16)23-19)24-25-26-13-22(4)11-14(26)10-21(2,3)12-22/h7-9,14,23H,6,10-13H2,1-5H3/t14-,22-/m1/s1. The number of ether oxygens (including phenoxy) is 2. The van der Waals surface area contributed by atoms with Gasteiger partial charge in [0.15, 0.2) is 5.69 Å². The molecule has 156 valence electrons. The minimum Gasteiger partial charge on any atom is -0.497 e. The van der Waals surface area contributed by atoms with Crippen molar-refractivity contribution >= 4 is 22.6 Å². The Hall–Kier alpha value is -2.57. The van der Waals surface area contributed by atoms with Gasteiger partial charge in [-0.15, -0.1) is 5.11 Å². The summed E-state index contributed by atoms with van der Waals surface area (Å²) in [6.07, 6.45) is 3.44. The highest BCUT2D eigenvalue weighted by molar-refractivity contribution is 6.05. The molecule has 1 aromatic carbocycles. The van der Waals surface area contributed by atoms with Gasteiger partial charge in [-0.1, -0.05) is 26.0 Å². The number of aromatic nitrogens is 1. The monoisotopic (exact) mass is 398 g/mol. The molecule has 7 heteroatoms. The summed E-state index contributed by atoms with van der Waals surface area (Å²) < 4.78 is 10.6. The summed E-state index contributed by atoms with van der Waals surface area (Å²) in [4.78, 5) is 15.6. The lowest BCUT2D eigenvalue weighted by Crippen LogP contribution is -2.33. The van der Waals surface area contributed by atoms with Gasteiger partial charge in [0.2, 0.25) is 0 Å². The topological polar surface area (TPSA) is 79.3 Å². The average molecular weight is 399 g/mol. The van der Waals surface area contributed by atoms with E-state index in [1.807, 2.05) is 18.2 Å².